The van der Waals surface area contributed by atoms with Gasteiger partial charge < -0.3 is 5.32 Å². The predicted molar refractivity (Wildman–Crippen MR) is 58.9 cm³/mol. The van der Waals surface area contributed by atoms with Gasteiger partial charge in [0.2, 0.25) is 0 Å². The SMILES string of the molecule is CCNC(C)C1CCCC(C)(C)C1. The van der Waals surface area contributed by atoms with E-state index in [-0.39, 0.29) is 0 Å². The molecule has 1 aliphatic carbocycles. The minimum absolute atomic E-state index is 0.590. The summed E-state index contributed by atoms with van der Waals surface area (Å²) in [6.45, 7) is 10.5. The van der Waals surface area contributed by atoms with Crippen LogP contribution in [0, 0.1) is 11.3 Å². The Morgan fingerprint density at radius 2 is 2.15 bits per heavy atom. The van der Waals surface area contributed by atoms with E-state index in [0.29, 0.717) is 11.5 Å². The Morgan fingerprint density at radius 1 is 1.46 bits per heavy atom. The van der Waals surface area contributed by atoms with Crippen LogP contribution in [0.3, 0.4) is 0 Å². The molecule has 78 valence electrons. The lowest BCUT2D eigenvalue weighted by atomic mass is 9.70. The number of hydrogen-bond donors (Lipinski definition) is 1. The van der Waals surface area contributed by atoms with Crippen molar-refractivity contribution in [2.24, 2.45) is 11.3 Å². The Kier molecular flexibility index (Phi) is 3.78. The molecule has 0 amide bonds. The van der Waals surface area contributed by atoms with Gasteiger partial charge in [0.15, 0.2) is 0 Å². The fourth-order valence-electron chi connectivity index (χ4n) is 2.67. The van der Waals surface area contributed by atoms with Crippen molar-refractivity contribution in [2.75, 3.05) is 6.54 Å². The van der Waals surface area contributed by atoms with E-state index in [9.17, 15) is 0 Å². The van der Waals surface area contributed by atoms with Crippen molar-refractivity contribution in [1.29, 1.82) is 0 Å². The van der Waals surface area contributed by atoms with Crippen molar-refractivity contribution in [3.63, 3.8) is 0 Å². The van der Waals surface area contributed by atoms with Crippen molar-refractivity contribution >= 4 is 0 Å². The van der Waals surface area contributed by atoms with Crippen LogP contribution in [0.2, 0.25) is 0 Å². The van der Waals surface area contributed by atoms with Gasteiger partial charge in [-0.25, -0.2) is 0 Å². The summed E-state index contributed by atoms with van der Waals surface area (Å²) in [5.74, 6) is 0.906. The highest BCUT2D eigenvalue weighted by molar-refractivity contribution is 4.84. The van der Waals surface area contributed by atoms with E-state index < -0.39 is 0 Å². The van der Waals surface area contributed by atoms with Crippen molar-refractivity contribution in [2.45, 2.75) is 59.4 Å². The highest BCUT2D eigenvalue weighted by atomic mass is 14.9. The maximum Gasteiger partial charge on any atom is 0.00670 e. The van der Waals surface area contributed by atoms with Crippen LogP contribution in [0.15, 0.2) is 0 Å². The molecule has 0 radical (unpaired) electrons. The molecule has 2 atom stereocenters. The van der Waals surface area contributed by atoms with Crippen molar-refractivity contribution < 1.29 is 0 Å². The summed E-state index contributed by atoms with van der Waals surface area (Å²) in [5.41, 5.74) is 0.590. The van der Waals surface area contributed by atoms with Gasteiger partial charge in [0, 0.05) is 6.04 Å². The number of rotatable bonds is 3. The van der Waals surface area contributed by atoms with Gasteiger partial charge in [0.1, 0.15) is 0 Å². The molecule has 1 N–H and O–H groups in total. The zero-order valence-corrected chi connectivity index (χ0v) is 9.69. The molecule has 1 aliphatic rings. The van der Waals surface area contributed by atoms with Crippen molar-refractivity contribution in [3.8, 4) is 0 Å². The minimum atomic E-state index is 0.590. The highest BCUT2D eigenvalue weighted by Gasteiger charge is 2.30. The zero-order chi connectivity index (χ0) is 9.90. The fraction of sp³-hybridized carbons (Fsp3) is 1.00. The summed E-state index contributed by atoms with van der Waals surface area (Å²) in [6.07, 6.45) is 5.68. The zero-order valence-electron chi connectivity index (χ0n) is 9.69. The Hall–Kier alpha value is -0.0400. The lowest BCUT2D eigenvalue weighted by molar-refractivity contribution is 0.153. The summed E-state index contributed by atoms with van der Waals surface area (Å²) in [5, 5.41) is 3.55. The molecule has 2 unspecified atom stereocenters. The predicted octanol–water partition coefficient (Wildman–Crippen LogP) is 3.20. The van der Waals surface area contributed by atoms with Gasteiger partial charge in [-0.15, -0.1) is 0 Å². The first-order valence-corrected chi connectivity index (χ1v) is 5.78. The second kappa shape index (κ2) is 4.45. The topological polar surface area (TPSA) is 12.0 Å². The van der Waals surface area contributed by atoms with Gasteiger partial charge in [0.05, 0.1) is 0 Å². The molecule has 0 aromatic rings. The first-order chi connectivity index (χ1) is 6.05. The van der Waals surface area contributed by atoms with Crippen LogP contribution in [-0.2, 0) is 0 Å². The first-order valence-electron chi connectivity index (χ1n) is 5.78. The van der Waals surface area contributed by atoms with Crippen LogP contribution >= 0.6 is 0 Å². The van der Waals surface area contributed by atoms with E-state index in [0.717, 1.165) is 12.5 Å². The van der Waals surface area contributed by atoms with Gasteiger partial charge in [-0.2, -0.15) is 0 Å². The van der Waals surface area contributed by atoms with E-state index in [1.807, 2.05) is 0 Å². The second-order valence-electron chi connectivity index (χ2n) is 5.37. The molecule has 0 heterocycles. The molecule has 13 heavy (non-hydrogen) atoms. The molecule has 1 fully saturated rings. The minimum Gasteiger partial charge on any atom is -0.314 e. The molecule has 0 bridgehead atoms. The van der Waals surface area contributed by atoms with E-state index >= 15 is 0 Å². The van der Waals surface area contributed by atoms with E-state index in [4.69, 9.17) is 0 Å². The molecular weight excluding hydrogens is 158 g/mol. The van der Waals surface area contributed by atoms with Crippen LogP contribution in [0.25, 0.3) is 0 Å². The lowest BCUT2D eigenvalue weighted by Crippen LogP contribution is -2.38. The van der Waals surface area contributed by atoms with Gasteiger partial charge in [-0.3, -0.25) is 0 Å². The molecule has 1 saturated carbocycles. The van der Waals surface area contributed by atoms with Crippen molar-refractivity contribution in [1.82, 2.24) is 5.32 Å². The normalized spacial score (nSPS) is 30.0. The Morgan fingerprint density at radius 3 is 2.69 bits per heavy atom. The maximum atomic E-state index is 3.55. The average Bonchev–Trinajstić information content (AvgIpc) is 2.03. The van der Waals surface area contributed by atoms with Gasteiger partial charge in [-0.1, -0.05) is 27.2 Å². The van der Waals surface area contributed by atoms with Crippen molar-refractivity contribution in [3.05, 3.63) is 0 Å². The third kappa shape index (κ3) is 3.30. The number of nitrogens with one attached hydrogen (secondary N) is 1. The summed E-state index contributed by atoms with van der Waals surface area (Å²) in [7, 11) is 0. The Balaban J connectivity index is 2.42. The second-order valence-corrected chi connectivity index (χ2v) is 5.37. The molecule has 0 aliphatic heterocycles. The van der Waals surface area contributed by atoms with Gasteiger partial charge >= 0.3 is 0 Å². The molecule has 1 heteroatoms. The van der Waals surface area contributed by atoms with E-state index in [2.05, 4.69) is 33.0 Å². The molecule has 0 spiro atoms. The maximum absolute atomic E-state index is 3.55. The summed E-state index contributed by atoms with van der Waals surface area (Å²) < 4.78 is 0. The smallest absolute Gasteiger partial charge is 0.00670 e. The molecule has 0 aromatic carbocycles. The molecule has 0 aromatic heterocycles. The quantitative estimate of drug-likeness (QED) is 0.708. The molecule has 0 saturated heterocycles. The van der Waals surface area contributed by atoms with Gasteiger partial charge in [0.25, 0.3) is 0 Å². The lowest BCUT2D eigenvalue weighted by Gasteiger charge is -2.38. The standard InChI is InChI=1S/C12H25N/c1-5-13-10(2)11-7-6-8-12(3,4)9-11/h10-11,13H,5-9H2,1-4H3. The Bertz CT molecular complexity index is 151. The van der Waals surface area contributed by atoms with Gasteiger partial charge in [-0.05, 0) is 44.1 Å². The van der Waals surface area contributed by atoms with Crippen LogP contribution in [-0.4, -0.2) is 12.6 Å². The van der Waals surface area contributed by atoms with Crippen LogP contribution in [0.4, 0.5) is 0 Å². The van der Waals surface area contributed by atoms with Crippen LogP contribution in [0.5, 0.6) is 0 Å². The Labute approximate surface area is 83.3 Å². The molecular formula is C12H25N. The first kappa shape index (κ1) is 11.0. The fourth-order valence-corrected chi connectivity index (χ4v) is 2.67. The molecule has 1 rings (SSSR count). The monoisotopic (exact) mass is 183 g/mol. The van der Waals surface area contributed by atoms with Crippen LogP contribution < -0.4 is 5.32 Å². The van der Waals surface area contributed by atoms with E-state index in [1.54, 1.807) is 0 Å². The third-order valence-corrected chi connectivity index (χ3v) is 3.48. The van der Waals surface area contributed by atoms with Crippen LogP contribution in [0.1, 0.15) is 53.4 Å². The largest absolute Gasteiger partial charge is 0.314 e. The summed E-state index contributed by atoms with van der Waals surface area (Å²) in [6, 6.07) is 0.713. The summed E-state index contributed by atoms with van der Waals surface area (Å²) >= 11 is 0. The highest BCUT2D eigenvalue weighted by Crippen LogP contribution is 2.39. The average molecular weight is 183 g/mol. The molecule has 1 nitrogen and oxygen atoms in total. The summed E-state index contributed by atoms with van der Waals surface area (Å²) in [4.78, 5) is 0. The third-order valence-electron chi connectivity index (χ3n) is 3.48. The number of hydrogen-bond acceptors (Lipinski definition) is 1. The van der Waals surface area contributed by atoms with E-state index in [1.165, 1.54) is 25.7 Å².